The first kappa shape index (κ1) is 59.9. The summed E-state index contributed by atoms with van der Waals surface area (Å²) < 4.78 is 19.3. The highest BCUT2D eigenvalue weighted by molar-refractivity contribution is 6.00. The molecule has 16 atom stereocenters. The number of nitrogens with two attached hydrogens (primary N) is 1. The van der Waals surface area contributed by atoms with Crippen LogP contribution in [0.25, 0.3) is 0 Å². The maximum absolute atomic E-state index is 14.3. The molecule has 16 unspecified atom stereocenters. The number of nitrogens with one attached hydrogen (secondary N) is 2. The van der Waals surface area contributed by atoms with E-state index < -0.39 is 154 Å². The minimum absolute atomic E-state index is 0.0291. The van der Waals surface area contributed by atoms with Gasteiger partial charge in [0, 0.05) is 45.2 Å². The van der Waals surface area contributed by atoms with E-state index in [1.807, 2.05) is 25.7 Å². The Hall–Kier alpha value is -5.64. The smallest absolute Gasteiger partial charge is 0.318 e. The Labute approximate surface area is 425 Å². The lowest BCUT2D eigenvalue weighted by atomic mass is 9.70. The quantitative estimate of drug-likeness (QED) is 0.0378. The van der Waals surface area contributed by atoms with Gasteiger partial charge in [0.25, 0.3) is 0 Å². The molecule has 6 N–H and O–H groups in total. The second-order valence-electron chi connectivity index (χ2n) is 20.8. The molecule has 0 aromatic heterocycles. The van der Waals surface area contributed by atoms with Crippen molar-refractivity contribution in [3.8, 4) is 0 Å². The Kier molecular flexibility index (Phi) is 22.2. The average Bonchev–Trinajstić information content (AvgIpc) is 3.93. The number of aliphatic carboxylic acids is 2. The lowest BCUT2D eigenvalue weighted by Crippen LogP contribution is -2.48. The van der Waals surface area contributed by atoms with E-state index in [1.54, 1.807) is 20.8 Å². The van der Waals surface area contributed by atoms with Gasteiger partial charge in [0.05, 0.1) is 65.1 Å². The Morgan fingerprint density at radius 1 is 0.575 bits per heavy atom. The SMILES string of the molecule is CCC(CCCC(C)C1C(=O)OC(=O)C1C)C(CC(C(=O)O)C1C(=O)OC(=O)C1C)C(=O)NCCN(CCN)CCNC(=O)C(C(C)CCCC(CC)C1C(=O)OC(=O)C1C)C(C(=O)O)C1C(=O)OC(=O)C1C. The molecule has 4 aliphatic heterocycles. The van der Waals surface area contributed by atoms with E-state index >= 15 is 0 Å². The van der Waals surface area contributed by atoms with Crippen molar-refractivity contribution in [1.29, 1.82) is 0 Å². The van der Waals surface area contributed by atoms with Crippen LogP contribution in [0.3, 0.4) is 0 Å². The van der Waals surface area contributed by atoms with Crippen molar-refractivity contribution < 1.29 is 86.7 Å². The van der Waals surface area contributed by atoms with Gasteiger partial charge in [-0.2, -0.15) is 0 Å². The summed E-state index contributed by atoms with van der Waals surface area (Å²) in [4.78, 5) is 156. The summed E-state index contributed by atoms with van der Waals surface area (Å²) in [6.07, 6.45) is 3.32. The molecule has 0 aromatic carbocycles. The topological polar surface area (TPSA) is 336 Å². The van der Waals surface area contributed by atoms with Crippen LogP contribution in [-0.2, 0) is 76.5 Å². The standard InChI is InChI=1S/C51H76N4O18/c1-9-30(15-11-13-24(3)34-26(5)44(62)70-48(34)66)32(23-33(42(58)59)37-28(7)46(64)72-50(37)68)40(56)53-18-21-55(20-17-52)22-19-54-41(57)35(39(43(60)61)38-29(8)47(65)73-51(38)69)25(4)14-12-16-31(10-2)36-27(6)45(63)71-49(36)67/h24-39H,9-23,52H2,1-8H3,(H,53,56)(H,54,57)(H,58,59)(H,60,61). The fraction of sp³-hybridized carbons (Fsp3) is 0.765. The molecule has 4 fully saturated rings. The third-order valence-electron chi connectivity index (χ3n) is 16.2. The number of amides is 2. The predicted molar refractivity (Wildman–Crippen MR) is 254 cm³/mol. The zero-order valence-corrected chi connectivity index (χ0v) is 43.3. The molecular weight excluding hydrogens is 957 g/mol. The molecule has 0 radical (unpaired) electrons. The Morgan fingerprint density at radius 2 is 1.04 bits per heavy atom. The molecule has 73 heavy (non-hydrogen) atoms. The summed E-state index contributed by atoms with van der Waals surface area (Å²) >= 11 is 0. The molecule has 0 aliphatic carbocycles. The predicted octanol–water partition coefficient (Wildman–Crippen LogP) is 2.51. The van der Waals surface area contributed by atoms with Crippen molar-refractivity contribution >= 4 is 71.5 Å². The van der Waals surface area contributed by atoms with Gasteiger partial charge < -0.3 is 45.5 Å². The minimum Gasteiger partial charge on any atom is -0.481 e. The van der Waals surface area contributed by atoms with Gasteiger partial charge in [0.2, 0.25) is 11.8 Å². The lowest BCUT2D eigenvalue weighted by molar-refractivity contribution is -0.159. The first-order valence-electron chi connectivity index (χ1n) is 25.9. The monoisotopic (exact) mass is 1030 g/mol. The maximum Gasteiger partial charge on any atom is 0.318 e. The third-order valence-corrected chi connectivity index (χ3v) is 16.2. The van der Waals surface area contributed by atoms with Gasteiger partial charge in [-0.1, -0.05) is 81.1 Å². The molecule has 408 valence electrons. The summed E-state index contributed by atoms with van der Waals surface area (Å²) in [5.74, 6) is -24.5. The maximum atomic E-state index is 14.3. The number of carboxylic acids is 2. The van der Waals surface area contributed by atoms with Gasteiger partial charge >= 0.3 is 59.7 Å². The zero-order chi connectivity index (χ0) is 54.6. The van der Waals surface area contributed by atoms with E-state index in [9.17, 15) is 67.7 Å². The highest BCUT2D eigenvalue weighted by Crippen LogP contribution is 2.42. The molecule has 4 saturated heterocycles. The number of carbonyl (C=O) groups is 12. The van der Waals surface area contributed by atoms with E-state index in [0.717, 1.165) is 0 Å². The normalized spacial score (nSPS) is 27.4. The van der Waals surface area contributed by atoms with E-state index in [0.29, 0.717) is 51.5 Å². The van der Waals surface area contributed by atoms with Crippen LogP contribution in [0.2, 0.25) is 0 Å². The summed E-state index contributed by atoms with van der Waals surface area (Å²) in [7, 11) is 0. The molecule has 0 saturated carbocycles. The van der Waals surface area contributed by atoms with Gasteiger partial charge in [-0.25, -0.2) is 0 Å². The van der Waals surface area contributed by atoms with E-state index in [1.165, 1.54) is 13.8 Å². The Bertz CT molecular complexity index is 2100. The van der Waals surface area contributed by atoms with E-state index in [2.05, 4.69) is 10.6 Å². The second kappa shape index (κ2) is 27.1. The number of nitrogens with zero attached hydrogens (tertiary/aromatic N) is 1. The van der Waals surface area contributed by atoms with Gasteiger partial charge in [0.15, 0.2) is 0 Å². The molecule has 4 rings (SSSR count). The molecule has 22 nitrogen and oxygen atoms in total. The summed E-state index contributed by atoms with van der Waals surface area (Å²) in [5.41, 5.74) is 5.96. The van der Waals surface area contributed by atoms with Crippen LogP contribution in [0.1, 0.15) is 113 Å². The summed E-state index contributed by atoms with van der Waals surface area (Å²) in [6, 6.07) is 0. The molecule has 0 spiro atoms. The largest absolute Gasteiger partial charge is 0.481 e. The number of hydrogen-bond donors (Lipinski definition) is 5. The minimum atomic E-state index is -1.64. The lowest BCUT2D eigenvalue weighted by Gasteiger charge is -2.32. The van der Waals surface area contributed by atoms with E-state index in [4.69, 9.17) is 24.7 Å². The second-order valence-corrected chi connectivity index (χ2v) is 20.8. The molecule has 4 aliphatic rings. The van der Waals surface area contributed by atoms with Crippen molar-refractivity contribution in [1.82, 2.24) is 15.5 Å². The Morgan fingerprint density at radius 3 is 1.48 bits per heavy atom. The van der Waals surface area contributed by atoms with Gasteiger partial charge in [-0.3, -0.25) is 62.4 Å². The average molecular weight is 1030 g/mol. The van der Waals surface area contributed by atoms with E-state index in [-0.39, 0.29) is 57.4 Å². The van der Waals surface area contributed by atoms with Crippen molar-refractivity contribution in [2.24, 2.45) is 100 Å². The fourth-order valence-corrected chi connectivity index (χ4v) is 11.8. The molecule has 4 heterocycles. The van der Waals surface area contributed by atoms with Crippen molar-refractivity contribution in [2.45, 2.75) is 113 Å². The van der Waals surface area contributed by atoms with Crippen LogP contribution in [0.4, 0.5) is 0 Å². The number of hydrogen-bond acceptors (Lipinski definition) is 18. The number of rotatable bonds is 31. The van der Waals surface area contributed by atoms with Crippen LogP contribution in [0.15, 0.2) is 0 Å². The van der Waals surface area contributed by atoms with Crippen LogP contribution in [0.5, 0.6) is 0 Å². The third kappa shape index (κ3) is 14.6. The summed E-state index contributed by atoms with van der Waals surface area (Å²) in [6.45, 7) is 14.1. The van der Waals surface area contributed by atoms with Gasteiger partial charge in [-0.15, -0.1) is 0 Å². The Balaban J connectivity index is 1.47. The first-order valence-corrected chi connectivity index (χ1v) is 25.9. The number of carboxylic acid groups (broad SMARTS) is 2. The number of ether oxygens (including phenoxy) is 4. The number of carbonyl (C=O) groups excluding carboxylic acids is 10. The first-order chi connectivity index (χ1) is 34.4. The number of esters is 8. The van der Waals surface area contributed by atoms with Crippen molar-refractivity contribution in [3.05, 3.63) is 0 Å². The summed E-state index contributed by atoms with van der Waals surface area (Å²) in [5, 5.41) is 26.7. The van der Waals surface area contributed by atoms with Gasteiger partial charge in [-0.05, 0) is 55.8 Å². The molecule has 0 aromatic rings. The van der Waals surface area contributed by atoms with Crippen LogP contribution >= 0.6 is 0 Å². The molecular formula is C51H76N4O18. The van der Waals surface area contributed by atoms with Crippen LogP contribution in [0, 0.1) is 94.7 Å². The highest BCUT2D eigenvalue weighted by Gasteiger charge is 2.54. The van der Waals surface area contributed by atoms with Gasteiger partial charge in [0.1, 0.15) is 0 Å². The van der Waals surface area contributed by atoms with Crippen LogP contribution < -0.4 is 16.4 Å². The molecule has 2 amide bonds. The molecule has 0 bridgehead atoms. The molecule has 22 heteroatoms. The van der Waals surface area contributed by atoms with Crippen molar-refractivity contribution in [3.63, 3.8) is 0 Å². The fourth-order valence-electron chi connectivity index (χ4n) is 11.8. The number of cyclic esters (lactones) is 8. The van der Waals surface area contributed by atoms with Crippen LogP contribution in [-0.4, -0.2) is 126 Å². The van der Waals surface area contributed by atoms with Crippen molar-refractivity contribution in [2.75, 3.05) is 39.3 Å². The zero-order valence-electron chi connectivity index (χ0n) is 43.3. The highest BCUT2D eigenvalue weighted by atomic mass is 16.6.